The van der Waals surface area contributed by atoms with Crippen molar-refractivity contribution >= 4 is 40.9 Å². The van der Waals surface area contributed by atoms with E-state index in [1.54, 1.807) is 6.07 Å². The molecule has 0 radical (unpaired) electrons. The first kappa shape index (κ1) is 20.3. The molecule has 0 heterocycles. The summed E-state index contributed by atoms with van der Waals surface area (Å²) in [4.78, 5) is 12.5. The van der Waals surface area contributed by atoms with Crippen LogP contribution in [0.4, 0.5) is 5.69 Å². The van der Waals surface area contributed by atoms with Crippen LogP contribution in [-0.4, -0.2) is 12.5 Å². The number of halogens is 2. The van der Waals surface area contributed by atoms with Gasteiger partial charge in [0, 0.05) is 5.69 Å². The molecule has 0 atom stereocenters. The quantitative estimate of drug-likeness (QED) is 0.562. The summed E-state index contributed by atoms with van der Waals surface area (Å²) in [6, 6.07) is 12.2. The Labute approximate surface area is 167 Å². The second-order valence-electron chi connectivity index (χ2n) is 5.63. The molecule has 0 unspecified atom stereocenters. The van der Waals surface area contributed by atoms with E-state index in [2.05, 4.69) is 5.32 Å². The van der Waals surface area contributed by atoms with E-state index in [0.717, 1.165) is 11.1 Å². The molecule has 0 spiro atoms. The van der Waals surface area contributed by atoms with Gasteiger partial charge in [0.15, 0.2) is 12.4 Å². The second kappa shape index (κ2) is 9.09. The molecule has 0 aliphatic heterocycles. The van der Waals surface area contributed by atoms with Crippen molar-refractivity contribution in [3.05, 3.63) is 62.6 Å². The van der Waals surface area contributed by atoms with Crippen LogP contribution in [0.1, 0.15) is 16.7 Å². The van der Waals surface area contributed by atoms with Gasteiger partial charge in [0.2, 0.25) is 0 Å². The zero-order valence-electron chi connectivity index (χ0n) is 14.6. The lowest BCUT2D eigenvalue weighted by Gasteiger charge is -2.10. The highest BCUT2D eigenvalue weighted by Gasteiger charge is 2.14. The van der Waals surface area contributed by atoms with Crippen LogP contribution in [0.15, 0.2) is 35.9 Å². The number of benzene rings is 2. The molecular weight excluding hydrogens is 385 g/mol. The molecule has 1 amide bonds. The molecule has 0 saturated heterocycles. The predicted molar refractivity (Wildman–Crippen MR) is 106 cm³/mol. The van der Waals surface area contributed by atoms with Crippen LogP contribution >= 0.6 is 23.2 Å². The van der Waals surface area contributed by atoms with E-state index < -0.39 is 5.91 Å². The Hall–Kier alpha value is -2.99. The standard InChI is InChI=1S/C20H15Cl2N3O2/c1-12-4-3-5-18(13(12)2)25-20(26)15(11-24)8-14-9-16(21)19(17(22)10-14)27-7-6-23/h3-5,8-10H,7H2,1-2H3,(H,25,26)/b15-8+. The number of amides is 1. The Bertz CT molecular complexity index is 978. The van der Waals surface area contributed by atoms with Gasteiger partial charge < -0.3 is 10.1 Å². The van der Waals surface area contributed by atoms with E-state index in [0.29, 0.717) is 11.3 Å². The average molecular weight is 400 g/mol. The molecule has 2 aromatic carbocycles. The number of ether oxygens (including phenoxy) is 1. The maximum absolute atomic E-state index is 12.5. The summed E-state index contributed by atoms with van der Waals surface area (Å²) in [5, 5.41) is 21.0. The minimum Gasteiger partial charge on any atom is -0.476 e. The molecular formula is C20H15Cl2N3O2. The van der Waals surface area contributed by atoms with Crippen molar-refractivity contribution in [3.8, 4) is 17.9 Å². The Kier molecular flexibility index (Phi) is 6.85. The van der Waals surface area contributed by atoms with E-state index in [4.69, 9.17) is 33.2 Å². The largest absolute Gasteiger partial charge is 0.476 e. The summed E-state index contributed by atoms with van der Waals surface area (Å²) in [6.07, 6.45) is 1.38. The Balaban J connectivity index is 2.30. The smallest absolute Gasteiger partial charge is 0.266 e. The second-order valence-corrected chi connectivity index (χ2v) is 6.45. The number of carbonyl (C=O) groups is 1. The lowest BCUT2D eigenvalue weighted by atomic mass is 10.1. The Morgan fingerprint density at radius 3 is 2.48 bits per heavy atom. The Morgan fingerprint density at radius 2 is 1.89 bits per heavy atom. The van der Waals surface area contributed by atoms with E-state index in [1.807, 2.05) is 38.1 Å². The van der Waals surface area contributed by atoms with Crippen LogP contribution < -0.4 is 10.1 Å². The molecule has 2 aromatic rings. The molecule has 0 saturated carbocycles. The topological polar surface area (TPSA) is 85.9 Å². The number of hydrogen-bond donors (Lipinski definition) is 1. The van der Waals surface area contributed by atoms with Crippen molar-refractivity contribution in [2.75, 3.05) is 11.9 Å². The molecule has 0 bridgehead atoms. The molecule has 0 aliphatic rings. The van der Waals surface area contributed by atoms with Crippen LogP contribution in [0.3, 0.4) is 0 Å². The summed E-state index contributed by atoms with van der Waals surface area (Å²) in [6.45, 7) is 3.63. The highest BCUT2D eigenvalue weighted by Crippen LogP contribution is 2.35. The minimum absolute atomic E-state index is 0.103. The fourth-order valence-electron chi connectivity index (χ4n) is 2.30. The van der Waals surface area contributed by atoms with Crippen LogP contribution in [0.25, 0.3) is 6.08 Å². The predicted octanol–water partition coefficient (Wildman–Crippen LogP) is 5.06. The number of anilines is 1. The van der Waals surface area contributed by atoms with Crippen molar-refractivity contribution in [2.24, 2.45) is 0 Å². The number of nitriles is 2. The SMILES string of the molecule is Cc1cccc(NC(=O)/C(C#N)=C/c2cc(Cl)c(OCC#N)c(Cl)c2)c1C. The zero-order chi connectivity index (χ0) is 20.0. The lowest BCUT2D eigenvalue weighted by Crippen LogP contribution is -2.14. The summed E-state index contributed by atoms with van der Waals surface area (Å²) in [5.74, 6) is -0.362. The van der Waals surface area contributed by atoms with Gasteiger partial charge in [-0.05, 0) is 54.8 Å². The summed E-state index contributed by atoms with van der Waals surface area (Å²) in [7, 11) is 0. The van der Waals surface area contributed by atoms with E-state index in [-0.39, 0.29) is 28.0 Å². The van der Waals surface area contributed by atoms with Crippen molar-refractivity contribution in [1.29, 1.82) is 10.5 Å². The van der Waals surface area contributed by atoms with Crippen molar-refractivity contribution in [2.45, 2.75) is 13.8 Å². The fraction of sp³-hybridized carbons (Fsp3) is 0.150. The third kappa shape index (κ3) is 5.01. The molecule has 2 rings (SSSR count). The third-order valence-electron chi connectivity index (χ3n) is 3.83. The maximum atomic E-state index is 12.5. The van der Waals surface area contributed by atoms with Crippen molar-refractivity contribution in [1.82, 2.24) is 0 Å². The fourth-order valence-corrected chi connectivity index (χ4v) is 2.91. The highest BCUT2D eigenvalue weighted by atomic mass is 35.5. The normalized spacial score (nSPS) is 10.7. The maximum Gasteiger partial charge on any atom is 0.266 e. The van der Waals surface area contributed by atoms with Gasteiger partial charge in [-0.2, -0.15) is 10.5 Å². The molecule has 5 nitrogen and oxygen atoms in total. The number of aryl methyl sites for hydroxylation is 1. The van der Waals surface area contributed by atoms with Crippen molar-refractivity contribution in [3.63, 3.8) is 0 Å². The lowest BCUT2D eigenvalue weighted by molar-refractivity contribution is -0.112. The van der Waals surface area contributed by atoms with E-state index in [9.17, 15) is 10.1 Å². The number of rotatable bonds is 5. The van der Waals surface area contributed by atoms with Crippen LogP contribution in [0.2, 0.25) is 10.0 Å². The van der Waals surface area contributed by atoms with Crippen LogP contribution in [0, 0.1) is 36.5 Å². The van der Waals surface area contributed by atoms with Crippen LogP contribution in [-0.2, 0) is 4.79 Å². The number of carbonyl (C=O) groups excluding carboxylic acids is 1. The molecule has 0 aromatic heterocycles. The molecule has 7 heteroatoms. The minimum atomic E-state index is -0.539. The van der Waals surface area contributed by atoms with Gasteiger partial charge in [-0.3, -0.25) is 4.79 Å². The zero-order valence-corrected chi connectivity index (χ0v) is 16.1. The molecule has 0 aliphatic carbocycles. The molecule has 0 fully saturated rings. The van der Waals surface area contributed by atoms with Gasteiger partial charge in [-0.15, -0.1) is 0 Å². The van der Waals surface area contributed by atoms with Gasteiger partial charge in [-0.1, -0.05) is 35.3 Å². The van der Waals surface area contributed by atoms with Gasteiger partial charge in [0.25, 0.3) is 5.91 Å². The first-order chi connectivity index (χ1) is 12.9. The van der Waals surface area contributed by atoms with Gasteiger partial charge in [-0.25, -0.2) is 0 Å². The van der Waals surface area contributed by atoms with Gasteiger partial charge in [0.05, 0.1) is 10.0 Å². The van der Waals surface area contributed by atoms with Gasteiger partial charge in [0.1, 0.15) is 17.7 Å². The van der Waals surface area contributed by atoms with Crippen LogP contribution in [0.5, 0.6) is 5.75 Å². The monoisotopic (exact) mass is 399 g/mol. The number of nitrogens with one attached hydrogen (secondary N) is 1. The first-order valence-corrected chi connectivity index (χ1v) is 8.61. The van der Waals surface area contributed by atoms with Crippen molar-refractivity contribution < 1.29 is 9.53 Å². The Morgan fingerprint density at radius 1 is 1.22 bits per heavy atom. The van der Waals surface area contributed by atoms with E-state index in [1.165, 1.54) is 18.2 Å². The molecule has 136 valence electrons. The number of nitrogens with zero attached hydrogens (tertiary/aromatic N) is 2. The summed E-state index contributed by atoms with van der Waals surface area (Å²) >= 11 is 12.2. The molecule has 27 heavy (non-hydrogen) atoms. The number of hydrogen-bond acceptors (Lipinski definition) is 4. The first-order valence-electron chi connectivity index (χ1n) is 7.85. The third-order valence-corrected chi connectivity index (χ3v) is 4.39. The summed E-state index contributed by atoms with van der Waals surface area (Å²) in [5.41, 5.74) is 2.95. The average Bonchev–Trinajstić information content (AvgIpc) is 2.62. The van der Waals surface area contributed by atoms with Gasteiger partial charge >= 0.3 is 0 Å². The van der Waals surface area contributed by atoms with E-state index >= 15 is 0 Å². The summed E-state index contributed by atoms with van der Waals surface area (Å²) < 4.78 is 5.16. The molecule has 1 N–H and O–H groups in total. The highest BCUT2D eigenvalue weighted by molar-refractivity contribution is 6.37.